The van der Waals surface area contributed by atoms with Crippen molar-refractivity contribution in [1.82, 2.24) is 9.13 Å². The van der Waals surface area contributed by atoms with Gasteiger partial charge in [-0.25, -0.2) is 0 Å². The van der Waals surface area contributed by atoms with E-state index in [2.05, 4.69) is 0 Å². The van der Waals surface area contributed by atoms with Crippen LogP contribution in [0.3, 0.4) is 0 Å². The highest BCUT2D eigenvalue weighted by Crippen LogP contribution is 2.54. The number of nitro benzene ring substituents is 1. The van der Waals surface area contributed by atoms with Crippen LogP contribution in [-0.2, 0) is 14.1 Å². The van der Waals surface area contributed by atoms with Crippen molar-refractivity contribution in [3.63, 3.8) is 0 Å². The first-order chi connectivity index (χ1) is 11.9. The molecule has 1 heterocycles. The maximum absolute atomic E-state index is 12.1. The second kappa shape index (κ2) is 5.54. The second-order valence-corrected chi connectivity index (χ2v) is 7.44. The van der Waals surface area contributed by atoms with Gasteiger partial charge < -0.3 is 9.13 Å². The van der Waals surface area contributed by atoms with Crippen LogP contribution in [-0.4, -0.2) is 14.1 Å². The molecule has 0 aliphatic heterocycles. The molecule has 2 unspecified atom stereocenters. The van der Waals surface area contributed by atoms with Gasteiger partial charge in [-0.3, -0.25) is 19.7 Å². The van der Waals surface area contributed by atoms with Crippen molar-refractivity contribution < 1.29 is 4.92 Å². The van der Waals surface area contributed by atoms with Gasteiger partial charge in [-0.15, -0.1) is 0 Å². The van der Waals surface area contributed by atoms with Crippen molar-refractivity contribution in [2.75, 3.05) is 0 Å². The molecule has 1 aromatic carbocycles. The minimum Gasteiger partial charge on any atom is -0.305 e. The zero-order valence-corrected chi connectivity index (χ0v) is 14.4. The van der Waals surface area contributed by atoms with Gasteiger partial charge in [0.05, 0.1) is 16.0 Å². The zero-order chi connectivity index (χ0) is 17.9. The summed E-state index contributed by atoms with van der Waals surface area (Å²) in [7, 11) is 3.04. The Labute approximate surface area is 144 Å². The highest BCUT2D eigenvalue weighted by atomic mass is 16.6. The molecule has 25 heavy (non-hydrogen) atoms. The van der Waals surface area contributed by atoms with E-state index in [0.717, 1.165) is 31.2 Å². The van der Waals surface area contributed by atoms with E-state index >= 15 is 0 Å². The van der Waals surface area contributed by atoms with Gasteiger partial charge in [-0.2, -0.15) is 0 Å². The molecule has 0 radical (unpaired) electrons. The lowest BCUT2D eigenvalue weighted by Gasteiger charge is -2.30. The predicted octanol–water partition coefficient (Wildman–Crippen LogP) is 2.44. The largest absolute Gasteiger partial charge is 0.316 e. The van der Waals surface area contributed by atoms with Crippen LogP contribution in [0.2, 0.25) is 0 Å². The van der Waals surface area contributed by atoms with Gasteiger partial charge in [-0.05, 0) is 49.5 Å². The van der Waals surface area contributed by atoms with Crippen LogP contribution in [0.15, 0.2) is 21.7 Å². The Bertz CT molecular complexity index is 988. The third-order valence-corrected chi connectivity index (χ3v) is 6.27. The molecule has 2 aliphatic carbocycles. The van der Waals surface area contributed by atoms with E-state index in [1.54, 1.807) is 13.1 Å². The Balaban J connectivity index is 2.04. The first-order valence-corrected chi connectivity index (χ1v) is 8.78. The number of nitrogens with zero attached hydrogens (tertiary/aromatic N) is 3. The van der Waals surface area contributed by atoms with E-state index in [9.17, 15) is 19.7 Å². The van der Waals surface area contributed by atoms with E-state index < -0.39 is 11.1 Å². The maximum Gasteiger partial charge on any atom is 0.316 e. The summed E-state index contributed by atoms with van der Waals surface area (Å²) in [6.45, 7) is 0. The Kier molecular flexibility index (Phi) is 3.56. The third-order valence-electron chi connectivity index (χ3n) is 6.27. The van der Waals surface area contributed by atoms with Gasteiger partial charge in [0, 0.05) is 25.7 Å². The number of hydrogen-bond donors (Lipinski definition) is 0. The van der Waals surface area contributed by atoms with Crippen molar-refractivity contribution in [3.05, 3.63) is 48.5 Å². The molecule has 132 valence electrons. The summed E-state index contributed by atoms with van der Waals surface area (Å²) in [5.74, 6) is 1.16. The first-order valence-electron chi connectivity index (χ1n) is 8.78. The summed E-state index contributed by atoms with van der Waals surface area (Å²) < 4.78 is 2.53. The number of aryl methyl sites for hydroxylation is 2. The van der Waals surface area contributed by atoms with Gasteiger partial charge in [0.2, 0.25) is 0 Å². The summed E-state index contributed by atoms with van der Waals surface area (Å²) >= 11 is 0. The molecule has 0 saturated heterocycles. The van der Waals surface area contributed by atoms with Gasteiger partial charge in [0.1, 0.15) is 0 Å². The molecule has 2 atom stereocenters. The Morgan fingerprint density at radius 3 is 2.00 bits per heavy atom. The molecule has 1 aromatic heterocycles. The van der Waals surface area contributed by atoms with Crippen LogP contribution < -0.4 is 11.1 Å². The number of hydrogen-bond acceptors (Lipinski definition) is 4. The first kappa shape index (κ1) is 16.1. The quantitative estimate of drug-likeness (QED) is 0.476. The van der Waals surface area contributed by atoms with Crippen molar-refractivity contribution in [3.8, 4) is 0 Å². The molecule has 0 N–H and O–H groups in total. The zero-order valence-electron chi connectivity index (χ0n) is 14.4. The van der Waals surface area contributed by atoms with Crippen molar-refractivity contribution in [2.24, 2.45) is 25.9 Å². The van der Waals surface area contributed by atoms with E-state index in [1.807, 2.05) is 0 Å². The van der Waals surface area contributed by atoms with Gasteiger partial charge in [-0.1, -0.05) is 6.42 Å². The summed E-state index contributed by atoms with van der Waals surface area (Å²) in [4.78, 5) is 35.6. The molecule has 2 saturated carbocycles. The fourth-order valence-corrected chi connectivity index (χ4v) is 5.02. The van der Waals surface area contributed by atoms with Gasteiger partial charge in [0.25, 0.3) is 5.69 Å². The summed E-state index contributed by atoms with van der Waals surface area (Å²) in [6.07, 6.45) is 5.67. The van der Waals surface area contributed by atoms with Crippen LogP contribution in [0.1, 0.15) is 43.6 Å². The predicted molar refractivity (Wildman–Crippen MR) is 93.9 cm³/mol. The summed E-state index contributed by atoms with van der Waals surface area (Å²) in [6, 6.07) is 3.26. The number of benzene rings is 1. The molecule has 2 fully saturated rings. The van der Waals surface area contributed by atoms with Gasteiger partial charge in [0.15, 0.2) is 0 Å². The van der Waals surface area contributed by atoms with E-state index in [4.69, 9.17) is 0 Å². The Hall–Kier alpha value is -2.44. The molecule has 7 nitrogen and oxygen atoms in total. The Morgan fingerprint density at radius 2 is 1.48 bits per heavy atom. The molecule has 0 amide bonds. The number of aromatic nitrogens is 2. The van der Waals surface area contributed by atoms with Crippen molar-refractivity contribution >= 4 is 16.7 Å². The maximum atomic E-state index is 12.1. The number of nitro groups is 1. The van der Waals surface area contributed by atoms with Crippen LogP contribution >= 0.6 is 0 Å². The fraction of sp³-hybridized carbons (Fsp3) is 0.556. The minimum atomic E-state index is -0.671. The fourth-order valence-electron chi connectivity index (χ4n) is 5.02. The lowest BCUT2D eigenvalue weighted by atomic mass is 9.74. The number of rotatable bonds is 2. The topological polar surface area (TPSA) is 87.1 Å². The van der Waals surface area contributed by atoms with Crippen molar-refractivity contribution in [1.29, 1.82) is 0 Å². The standard InChI is InChI=1S/C18H21N3O4/c1-19-14-8-12(16-10-4-3-5-11(16)7-6-10)13(21(24)25)9-15(14)20(2)18(23)17(19)22/h8-11,16H,3-7H2,1-2H3. The van der Waals surface area contributed by atoms with Crippen LogP contribution in [0.4, 0.5) is 5.69 Å². The highest BCUT2D eigenvalue weighted by molar-refractivity contribution is 5.80. The monoisotopic (exact) mass is 343 g/mol. The lowest BCUT2D eigenvalue weighted by Crippen LogP contribution is -2.39. The summed E-state index contributed by atoms with van der Waals surface area (Å²) in [5.41, 5.74) is 0.530. The average Bonchev–Trinajstić information content (AvgIpc) is 2.85. The minimum absolute atomic E-state index is 0.0740. The lowest BCUT2D eigenvalue weighted by molar-refractivity contribution is -0.385. The van der Waals surface area contributed by atoms with Crippen molar-refractivity contribution in [2.45, 2.75) is 38.0 Å². The molecular formula is C18H21N3O4. The third kappa shape index (κ3) is 2.25. The molecular weight excluding hydrogens is 322 g/mol. The van der Waals surface area contributed by atoms with Crippen LogP contribution in [0, 0.1) is 22.0 Å². The molecule has 2 bridgehead atoms. The SMILES string of the molecule is Cn1c(=O)c(=O)n(C)c2cc([N+](=O)[O-])c(C3C4CCCC3CC4)cc21. The second-order valence-electron chi connectivity index (χ2n) is 7.44. The van der Waals surface area contributed by atoms with Crippen LogP contribution in [0.25, 0.3) is 11.0 Å². The average molecular weight is 343 g/mol. The highest BCUT2D eigenvalue weighted by Gasteiger charge is 2.42. The molecule has 7 heteroatoms. The van der Waals surface area contributed by atoms with E-state index in [1.165, 1.54) is 28.7 Å². The molecule has 0 spiro atoms. The number of fused-ring (bicyclic) bond motifs is 3. The van der Waals surface area contributed by atoms with Crippen LogP contribution in [0.5, 0.6) is 0 Å². The molecule has 2 aromatic rings. The normalized spacial score (nSPS) is 25.4. The Morgan fingerprint density at radius 1 is 0.960 bits per heavy atom. The smallest absolute Gasteiger partial charge is 0.305 e. The molecule has 4 rings (SSSR count). The molecule has 2 aliphatic rings. The van der Waals surface area contributed by atoms with E-state index in [-0.39, 0.29) is 16.5 Å². The summed E-state index contributed by atoms with van der Waals surface area (Å²) in [5, 5.41) is 11.7. The van der Waals surface area contributed by atoms with Gasteiger partial charge >= 0.3 is 11.1 Å². The van der Waals surface area contributed by atoms with E-state index in [0.29, 0.717) is 22.9 Å².